The van der Waals surface area contributed by atoms with Gasteiger partial charge < -0.3 is 10.4 Å². The van der Waals surface area contributed by atoms with Crippen LogP contribution < -0.4 is 5.32 Å². The third kappa shape index (κ3) is 3.71. The van der Waals surface area contributed by atoms with Crippen molar-refractivity contribution in [1.29, 1.82) is 0 Å². The molecule has 3 heteroatoms. The zero-order valence-electron chi connectivity index (χ0n) is 10.9. The molecule has 1 aromatic carbocycles. The monoisotopic (exact) mass is 267 g/mol. The third-order valence-electron chi connectivity index (χ3n) is 3.85. The van der Waals surface area contributed by atoms with E-state index in [2.05, 4.69) is 24.4 Å². The van der Waals surface area contributed by atoms with Crippen LogP contribution in [-0.4, -0.2) is 17.8 Å². The van der Waals surface area contributed by atoms with Crippen LogP contribution in [0.25, 0.3) is 0 Å². The number of hydrogen-bond acceptors (Lipinski definition) is 2. The van der Waals surface area contributed by atoms with Crippen LogP contribution in [0, 0.1) is 5.92 Å². The number of halogens is 1. The number of nitrogens with one attached hydrogen (secondary N) is 1. The Morgan fingerprint density at radius 1 is 1.33 bits per heavy atom. The Labute approximate surface area is 114 Å². The maximum atomic E-state index is 9.53. The van der Waals surface area contributed by atoms with Gasteiger partial charge in [0.2, 0.25) is 0 Å². The van der Waals surface area contributed by atoms with Crippen LogP contribution in [0.2, 0.25) is 5.02 Å². The lowest BCUT2D eigenvalue weighted by Gasteiger charge is -2.20. The van der Waals surface area contributed by atoms with E-state index in [4.69, 9.17) is 11.6 Å². The van der Waals surface area contributed by atoms with Crippen molar-refractivity contribution in [1.82, 2.24) is 5.32 Å². The first-order chi connectivity index (χ1) is 8.69. The van der Waals surface area contributed by atoms with Gasteiger partial charge in [0.15, 0.2) is 0 Å². The summed E-state index contributed by atoms with van der Waals surface area (Å²) < 4.78 is 0. The molecule has 0 aliphatic heterocycles. The molecule has 0 saturated heterocycles. The second-order valence-corrected chi connectivity index (χ2v) is 5.69. The Morgan fingerprint density at radius 2 is 2.06 bits per heavy atom. The van der Waals surface area contributed by atoms with E-state index in [0.717, 1.165) is 37.3 Å². The molecule has 2 N–H and O–H groups in total. The molecule has 1 fully saturated rings. The molecule has 0 radical (unpaired) electrons. The van der Waals surface area contributed by atoms with Crippen molar-refractivity contribution >= 4 is 11.6 Å². The van der Waals surface area contributed by atoms with Gasteiger partial charge in [0.25, 0.3) is 0 Å². The quantitative estimate of drug-likeness (QED) is 0.855. The molecule has 0 amide bonds. The van der Waals surface area contributed by atoms with Crippen molar-refractivity contribution in [3.8, 4) is 0 Å². The van der Waals surface area contributed by atoms with Crippen LogP contribution in [0.1, 0.15) is 44.2 Å². The number of benzene rings is 1. The van der Waals surface area contributed by atoms with Gasteiger partial charge in [0, 0.05) is 11.1 Å². The molecule has 2 rings (SSSR count). The molecule has 0 heterocycles. The molecule has 0 spiro atoms. The SMILES string of the molecule is CCC(NCC1CCC(O)C1)c1ccc(Cl)cc1. The minimum absolute atomic E-state index is 0.0765. The number of rotatable bonds is 5. The predicted octanol–water partition coefficient (Wildman–Crippen LogP) is 3.54. The zero-order chi connectivity index (χ0) is 13.0. The van der Waals surface area contributed by atoms with Crippen molar-refractivity contribution in [2.75, 3.05) is 6.54 Å². The molecule has 1 aromatic rings. The largest absolute Gasteiger partial charge is 0.393 e. The molecular formula is C15H22ClNO. The maximum Gasteiger partial charge on any atom is 0.0543 e. The Hall–Kier alpha value is -0.570. The summed E-state index contributed by atoms with van der Waals surface area (Å²) in [7, 11) is 0. The van der Waals surface area contributed by atoms with Crippen LogP contribution in [0.5, 0.6) is 0 Å². The van der Waals surface area contributed by atoms with Gasteiger partial charge in [-0.05, 0) is 55.8 Å². The first kappa shape index (κ1) is 13.9. The van der Waals surface area contributed by atoms with Crippen molar-refractivity contribution in [2.24, 2.45) is 5.92 Å². The smallest absolute Gasteiger partial charge is 0.0543 e. The Morgan fingerprint density at radius 3 is 2.61 bits per heavy atom. The summed E-state index contributed by atoms with van der Waals surface area (Å²) in [6.07, 6.45) is 4.04. The van der Waals surface area contributed by atoms with Gasteiger partial charge in [-0.15, -0.1) is 0 Å². The van der Waals surface area contributed by atoms with Crippen molar-refractivity contribution < 1.29 is 5.11 Å². The van der Waals surface area contributed by atoms with Crippen LogP contribution in [0.3, 0.4) is 0 Å². The van der Waals surface area contributed by atoms with E-state index in [9.17, 15) is 5.11 Å². The van der Waals surface area contributed by atoms with Crippen molar-refractivity contribution in [2.45, 2.75) is 44.8 Å². The lowest BCUT2D eigenvalue weighted by Crippen LogP contribution is -2.26. The lowest BCUT2D eigenvalue weighted by molar-refractivity contribution is 0.177. The summed E-state index contributed by atoms with van der Waals surface area (Å²) in [5, 5.41) is 13.9. The highest BCUT2D eigenvalue weighted by Gasteiger charge is 2.23. The summed E-state index contributed by atoms with van der Waals surface area (Å²) in [5.41, 5.74) is 1.29. The molecule has 3 unspecified atom stereocenters. The van der Waals surface area contributed by atoms with E-state index in [1.807, 2.05) is 12.1 Å². The molecule has 1 saturated carbocycles. The highest BCUT2D eigenvalue weighted by atomic mass is 35.5. The molecule has 0 bridgehead atoms. The van der Waals surface area contributed by atoms with Crippen molar-refractivity contribution in [3.05, 3.63) is 34.9 Å². The summed E-state index contributed by atoms with van der Waals surface area (Å²) in [6, 6.07) is 8.46. The zero-order valence-corrected chi connectivity index (χ0v) is 11.7. The minimum Gasteiger partial charge on any atom is -0.393 e. The fourth-order valence-electron chi connectivity index (χ4n) is 2.74. The highest BCUT2D eigenvalue weighted by Crippen LogP contribution is 2.26. The number of aliphatic hydroxyl groups is 1. The summed E-state index contributed by atoms with van der Waals surface area (Å²) in [6.45, 7) is 3.19. The van der Waals surface area contributed by atoms with Gasteiger partial charge in [-0.25, -0.2) is 0 Å². The summed E-state index contributed by atoms with van der Waals surface area (Å²) in [4.78, 5) is 0. The lowest BCUT2D eigenvalue weighted by atomic mass is 10.0. The molecule has 3 atom stereocenters. The molecule has 0 aromatic heterocycles. The van der Waals surface area contributed by atoms with Crippen LogP contribution in [0.15, 0.2) is 24.3 Å². The van der Waals surface area contributed by atoms with Gasteiger partial charge in [-0.3, -0.25) is 0 Å². The second kappa shape index (κ2) is 6.55. The molecule has 1 aliphatic rings. The van der Waals surface area contributed by atoms with E-state index in [-0.39, 0.29) is 6.10 Å². The average molecular weight is 268 g/mol. The van der Waals surface area contributed by atoms with Crippen molar-refractivity contribution in [3.63, 3.8) is 0 Å². The van der Waals surface area contributed by atoms with Crippen LogP contribution in [-0.2, 0) is 0 Å². The first-order valence-corrected chi connectivity index (χ1v) is 7.23. The van der Waals surface area contributed by atoms with Crippen LogP contribution >= 0.6 is 11.6 Å². The van der Waals surface area contributed by atoms with Gasteiger partial charge >= 0.3 is 0 Å². The molecule has 18 heavy (non-hydrogen) atoms. The van der Waals surface area contributed by atoms with E-state index in [1.54, 1.807) is 0 Å². The molecule has 1 aliphatic carbocycles. The highest BCUT2D eigenvalue weighted by molar-refractivity contribution is 6.30. The molecule has 100 valence electrons. The Balaban J connectivity index is 1.87. The Bertz CT molecular complexity index is 365. The third-order valence-corrected chi connectivity index (χ3v) is 4.10. The minimum atomic E-state index is -0.0765. The van der Waals surface area contributed by atoms with Gasteiger partial charge in [0.1, 0.15) is 0 Å². The Kier molecular flexibility index (Phi) is 5.04. The first-order valence-electron chi connectivity index (χ1n) is 6.86. The summed E-state index contributed by atoms with van der Waals surface area (Å²) >= 11 is 5.91. The van der Waals surface area contributed by atoms with E-state index in [1.165, 1.54) is 5.56 Å². The number of hydrogen-bond donors (Lipinski definition) is 2. The number of aliphatic hydroxyl groups excluding tert-OH is 1. The van der Waals surface area contributed by atoms with E-state index in [0.29, 0.717) is 12.0 Å². The topological polar surface area (TPSA) is 32.3 Å². The standard InChI is InChI=1S/C15H22ClNO/c1-2-15(12-4-6-13(16)7-5-12)17-10-11-3-8-14(18)9-11/h4-7,11,14-15,17-18H,2-3,8-10H2,1H3. The van der Waals surface area contributed by atoms with E-state index >= 15 is 0 Å². The molecular weight excluding hydrogens is 246 g/mol. The normalized spacial score (nSPS) is 25.3. The van der Waals surface area contributed by atoms with Gasteiger partial charge in [0.05, 0.1) is 6.10 Å². The second-order valence-electron chi connectivity index (χ2n) is 5.25. The van der Waals surface area contributed by atoms with Gasteiger partial charge in [-0.1, -0.05) is 30.7 Å². The molecule has 2 nitrogen and oxygen atoms in total. The van der Waals surface area contributed by atoms with Gasteiger partial charge in [-0.2, -0.15) is 0 Å². The van der Waals surface area contributed by atoms with E-state index < -0.39 is 0 Å². The maximum absolute atomic E-state index is 9.53. The summed E-state index contributed by atoms with van der Waals surface area (Å²) in [5.74, 6) is 0.626. The predicted molar refractivity (Wildman–Crippen MR) is 75.8 cm³/mol. The average Bonchev–Trinajstić information content (AvgIpc) is 2.78. The fourth-order valence-corrected chi connectivity index (χ4v) is 2.86. The van der Waals surface area contributed by atoms with Crippen LogP contribution in [0.4, 0.5) is 0 Å². The fraction of sp³-hybridized carbons (Fsp3) is 0.600.